The average Bonchev–Trinajstić information content (AvgIpc) is 3.12. The Morgan fingerprint density at radius 3 is 2.65 bits per heavy atom. The molecule has 1 heterocycles. The maximum atomic E-state index is 12.2. The summed E-state index contributed by atoms with van der Waals surface area (Å²) in [6.07, 6.45) is 2.13. The van der Waals surface area contributed by atoms with E-state index in [1.807, 2.05) is 6.92 Å². The van der Waals surface area contributed by atoms with Crippen LogP contribution in [0.15, 0.2) is 6.07 Å². The minimum Gasteiger partial charge on any atom is -0.345 e. The first-order chi connectivity index (χ1) is 8.87. The molecule has 8 heteroatoms. The summed E-state index contributed by atoms with van der Waals surface area (Å²) in [4.78, 5) is 23.4. The van der Waals surface area contributed by atoms with Gasteiger partial charge in [0.25, 0.3) is 11.6 Å². The van der Waals surface area contributed by atoms with E-state index in [0.717, 1.165) is 24.2 Å². The standard InChI is InChI=1S/C12H17N3O3S.ClH/c1-7-9(15(17)18)5-10(19-7)11(16)14-12(2,6-13)8-3-4-8;/h5,8H,3-4,6,13H2,1-2H3,(H,14,16);1H. The minimum atomic E-state index is -0.467. The van der Waals surface area contributed by atoms with E-state index in [1.165, 1.54) is 6.07 Å². The first-order valence-electron chi connectivity index (χ1n) is 6.15. The van der Waals surface area contributed by atoms with E-state index in [-0.39, 0.29) is 24.0 Å². The molecule has 1 aliphatic carbocycles. The van der Waals surface area contributed by atoms with Crippen LogP contribution in [-0.4, -0.2) is 22.9 Å². The van der Waals surface area contributed by atoms with Gasteiger partial charge in [0.15, 0.2) is 0 Å². The predicted octanol–water partition coefficient (Wildman–Crippen LogP) is 2.24. The molecule has 0 aromatic carbocycles. The number of nitrogens with two attached hydrogens (primary N) is 1. The maximum absolute atomic E-state index is 12.2. The van der Waals surface area contributed by atoms with Crippen molar-refractivity contribution in [3.8, 4) is 0 Å². The van der Waals surface area contributed by atoms with Crippen molar-refractivity contribution in [3.05, 3.63) is 25.9 Å². The van der Waals surface area contributed by atoms with Crippen molar-refractivity contribution < 1.29 is 9.72 Å². The third-order valence-electron chi connectivity index (χ3n) is 3.61. The van der Waals surface area contributed by atoms with E-state index in [1.54, 1.807) is 6.92 Å². The van der Waals surface area contributed by atoms with Crippen LogP contribution in [0.2, 0.25) is 0 Å². The Morgan fingerprint density at radius 2 is 2.25 bits per heavy atom. The van der Waals surface area contributed by atoms with Crippen LogP contribution in [-0.2, 0) is 0 Å². The van der Waals surface area contributed by atoms with Gasteiger partial charge in [0.05, 0.1) is 20.2 Å². The van der Waals surface area contributed by atoms with Crippen LogP contribution in [0, 0.1) is 23.0 Å². The average molecular weight is 320 g/mol. The molecule has 20 heavy (non-hydrogen) atoms. The lowest BCUT2D eigenvalue weighted by molar-refractivity contribution is -0.385. The number of rotatable bonds is 5. The molecule has 6 nitrogen and oxygen atoms in total. The summed E-state index contributed by atoms with van der Waals surface area (Å²) in [5.41, 5.74) is 5.32. The Balaban J connectivity index is 0.00000200. The smallest absolute Gasteiger partial charge is 0.283 e. The Bertz CT molecular complexity index is 530. The number of hydrogen-bond acceptors (Lipinski definition) is 5. The topological polar surface area (TPSA) is 98.3 Å². The van der Waals surface area contributed by atoms with Crippen LogP contribution < -0.4 is 11.1 Å². The molecule has 1 fully saturated rings. The van der Waals surface area contributed by atoms with E-state index in [4.69, 9.17) is 5.73 Å². The van der Waals surface area contributed by atoms with Gasteiger partial charge in [-0.2, -0.15) is 0 Å². The van der Waals surface area contributed by atoms with E-state index in [0.29, 0.717) is 22.2 Å². The lowest BCUT2D eigenvalue weighted by Gasteiger charge is -2.29. The number of hydrogen-bond donors (Lipinski definition) is 2. The van der Waals surface area contributed by atoms with E-state index in [9.17, 15) is 14.9 Å². The van der Waals surface area contributed by atoms with Gasteiger partial charge in [0, 0.05) is 12.6 Å². The molecule has 2 rings (SSSR count). The zero-order chi connectivity index (χ0) is 14.2. The fourth-order valence-electron chi connectivity index (χ4n) is 2.13. The summed E-state index contributed by atoms with van der Waals surface area (Å²) < 4.78 is 0. The number of carbonyl (C=O) groups is 1. The predicted molar refractivity (Wildman–Crippen MR) is 80.6 cm³/mol. The van der Waals surface area contributed by atoms with Crippen LogP contribution >= 0.6 is 23.7 Å². The molecule has 112 valence electrons. The first-order valence-corrected chi connectivity index (χ1v) is 6.96. The largest absolute Gasteiger partial charge is 0.345 e. The molecule has 0 saturated heterocycles. The van der Waals surface area contributed by atoms with Crippen molar-refractivity contribution >= 4 is 35.3 Å². The van der Waals surface area contributed by atoms with Gasteiger partial charge in [0.2, 0.25) is 0 Å². The van der Waals surface area contributed by atoms with E-state index < -0.39 is 10.5 Å². The van der Waals surface area contributed by atoms with Gasteiger partial charge >= 0.3 is 0 Å². The molecule has 0 radical (unpaired) electrons. The van der Waals surface area contributed by atoms with Gasteiger partial charge in [-0.1, -0.05) is 0 Å². The minimum absolute atomic E-state index is 0. The van der Waals surface area contributed by atoms with Crippen molar-refractivity contribution in [1.29, 1.82) is 0 Å². The highest BCUT2D eigenvalue weighted by Gasteiger charge is 2.42. The van der Waals surface area contributed by atoms with Gasteiger partial charge in [-0.3, -0.25) is 14.9 Å². The molecular formula is C12H18ClN3O3S. The second kappa shape index (κ2) is 6.07. The number of halogens is 1. The van der Waals surface area contributed by atoms with Gasteiger partial charge in [-0.25, -0.2) is 0 Å². The Kier molecular flexibility index (Phi) is 5.12. The third-order valence-corrected chi connectivity index (χ3v) is 4.65. The molecule has 1 aromatic rings. The zero-order valence-electron chi connectivity index (χ0n) is 11.3. The van der Waals surface area contributed by atoms with Crippen LogP contribution in [0.25, 0.3) is 0 Å². The summed E-state index contributed by atoms with van der Waals surface area (Å²) in [5, 5.41) is 13.7. The molecule has 0 spiro atoms. The molecular weight excluding hydrogens is 302 g/mol. The molecule has 3 N–H and O–H groups in total. The first kappa shape index (κ1) is 16.9. The number of nitrogens with zero attached hydrogens (tertiary/aromatic N) is 1. The molecule has 1 atom stereocenters. The lowest BCUT2D eigenvalue weighted by Crippen LogP contribution is -2.53. The summed E-state index contributed by atoms with van der Waals surface area (Å²) >= 11 is 1.14. The molecule has 1 aliphatic rings. The van der Waals surface area contributed by atoms with E-state index in [2.05, 4.69) is 5.32 Å². The highest BCUT2D eigenvalue weighted by atomic mass is 35.5. The van der Waals surface area contributed by atoms with Gasteiger partial charge in [-0.05, 0) is 32.6 Å². The number of amides is 1. The van der Waals surface area contributed by atoms with Crippen molar-refractivity contribution in [2.45, 2.75) is 32.2 Å². The molecule has 1 unspecified atom stereocenters. The van der Waals surface area contributed by atoms with Gasteiger partial charge < -0.3 is 11.1 Å². The Morgan fingerprint density at radius 1 is 1.65 bits per heavy atom. The summed E-state index contributed by atoms with van der Waals surface area (Å²) in [6.45, 7) is 3.94. The maximum Gasteiger partial charge on any atom is 0.283 e. The van der Waals surface area contributed by atoms with Crippen LogP contribution in [0.3, 0.4) is 0 Å². The highest BCUT2D eigenvalue weighted by molar-refractivity contribution is 7.14. The molecule has 0 bridgehead atoms. The van der Waals surface area contributed by atoms with Gasteiger partial charge in [0.1, 0.15) is 0 Å². The molecule has 0 aliphatic heterocycles. The SMILES string of the molecule is Cc1sc(C(=O)NC(C)(CN)C2CC2)cc1[N+](=O)[O-].Cl. The van der Waals surface area contributed by atoms with Crippen LogP contribution in [0.5, 0.6) is 0 Å². The summed E-state index contributed by atoms with van der Waals surface area (Å²) in [5.74, 6) is 0.138. The zero-order valence-corrected chi connectivity index (χ0v) is 13.0. The van der Waals surface area contributed by atoms with Crippen molar-refractivity contribution in [3.63, 3.8) is 0 Å². The quantitative estimate of drug-likeness (QED) is 0.642. The number of carbonyl (C=O) groups excluding carboxylic acids is 1. The monoisotopic (exact) mass is 319 g/mol. The van der Waals surface area contributed by atoms with Crippen molar-refractivity contribution in [2.75, 3.05) is 6.54 Å². The highest BCUT2D eigenvalue weighted by Crippen LogP contribution is 2.39. The number of nitro groups is 1. The Hall–Kier alpha value is -1.18. The summed E-state index contributed by atoms with van der Waals surface area (Å²) in [6, 6.07) is 1.33. The molecule has 1 amide bonds. The fourth-order valence-corrected chi connectivity index (χ4v) is 3.01. The van der Waals surface area contributed by atoms with Crippen LogP contribution in [0.1, 0.15) is 34.3 Å². The second-order valence-corrected chi connectivity index (χ2v) is 6.42. The molecule has 1 aromatic heterocycles. The Labute approximate surface area is 127 Å². The van der Waals surface area contributed by atoms with Gasteiger partial charge in [-0.15, -0.1) is 23.7 Å². The molecule has 1 saturated carbocycles. The normalized spacial score (nSPS) is 16.9. The van der Waals surface area contributed by atoms with Crippen molar-refractivity contribution in [2.24, 2.45) is 11.7 Å². The third kappa shape index (κ3) is 3.28. The fraction of sp³-hybridized carbons (Fsp3) is 0.583. The van der Waals surface area contributed by atoms with Crippen molar-refractivity contribution in [1.82, 2.24) is 5.32 Å². The lowest BCUT2D eigenvalue weighted by atomic mass is 9.96. The second-order valence-electron chi connectivity index (χ2n) is 5.16. The van der Waals surface area contributed by atoms with E-state index >= 15 is 0 Å². The number of thiophene rings is 1. The van der Waals surface area contributed by atoms with Crippen LogP contribution in [0.4, 0.5) is 5.69 Å². The number of aryl methyl sites for hydroxylation is 1. The number of nitrogens with one attached hydrogen (secondary N) is 1. The summed E-state index contributed by atoms with van der Waals surface area (Å²) in [7, 11) is 0.